The van der Waals surface area contributed by atoms with Crippen molar-refractivity contribution >= 4 is 0 Å². The first kappa shape index (κ1) is 19.8. The monoisotopic (exact) mass is 390 g/mol. The zero-order valence-corrected chi connectivity index (χ0v) is 16.4. The Morgan fingerprint density at radius 1 is 0.759 bits per heavy atom. The first-order valence-electron chi connectivity index (χ1n) is 9.98. The average Bonchev–Trinajstić information content (AvgIpc) is 3.28. The highest BCUT2D eigenvalue weighted by Crippen LogP contribution is 2.29. The second kappa shape index (κ2) is 10.3. The Hall–Kier alpha value is -2.50. The molecule has 4 rings (SSSR count). The molecule has 3 aromatic rings. The van der Waals surface area contributed by atoms with Gasteiger partial charge in [0.25, 0.3) is 0 Å². The fourth-order valence-corrected chi connectivity index (χ4v) is 3.31. The van der Waals surface area contributed by atoms with Crippen LogP contribution in [0.15, 0.2) is 91.0 Å². The van der Waals surface area contributed by atoms with Crippen LogP contribution < -0.4 is 0 Å². The van der Waals surface area contributed by atoms with Gasteiger partial charge in [-0.3, -0.25) is 0 Å². The molecular weight excluding hydrogens is 364 g/mol. The highest BCUT2D eigenvalue weighted by Gasteiger charge is 2.34. The predicted octanol–water partition coefficient (Wildman–Crippen LogP) is 4.90. The molecule has 0 N–H and O–H groups in total. The second-order valence-electron chi connectivity index (χ2n) is 7.09. The summed E-state index contributed by atoms with van der Waals surface area (Å²) in [5.74, 6) is 0. The van der Waals surface area contributed by atoms with Gasteiger partial charge < -0.3 is 18.9 Å². The normalized spacial score (nSPS) is 19.9. The molecule has 0 saturated carbocycles. The Kier molecular flexibility index (Phi) is 7.05. The molecule has 1 heterocycles. The van der Waals surface area contributed by atoms with E-state index in [-0.39, 0.29) is 18.5 Å². The van der Waals surface area contributed by atoms with Crippen LogP contribution in [-0.2, 0) is 32.2 Å². The summed E-state index contributed by atoms with van der Waals surface area (Å²) in [5.41, 5.74) is 3.28. The van der Waals surface area contributed by atoms with Crippen LogP contribution in [0.4, 0.5) is 0 Å². The van der Waals surface area contributed by atoms with Crippen molar-refractivity contribution in [2.45, 2.75) is 31.7 Å². The van der Waals surface area contributed by atoms with E-state index in [1.54, 1.807) is 0 Å². The van der Waals surface area contributed by atoms with Crippen molar-refractivity contribution in [2.75, 3.05) is 13.2 Å². The maximum atomic E-state index is 6.20. The Morgan fingerprint density at radius 2 is 1.34 bits per heavy atom. The van der Waals surface area contributed by atoms with Gasteiger partial charge in [0.15, 0.2) is 6.29 Å². The number of hydrogen-bond acceptors (Lipinski definition) is 4. The summed E-state index contributed by atoms with van der Waals surface area (Å²) in [6.45, 7) is 1.97. The summed E-state index contributed by atoms with van der Waals surface area (Å²) in [4.78, 5) is 0. The van der Waals surface area contributed by atoms with Crippen molar-refractivity contribution in [3.05, 3.63) is 108 Å². The molecule has 3 atom stereocenters. The SMILES string of the molecule is c1ccc(COCC(OCc2ccccc2)C2COC(c3ccccc3)O2)cc1. The van der Waals surface area contributed by atoms with Gasteiger partial charge in [0.2, 0.25) is 0 Å². The summed E-state index contributed by atoms with van der Waals surface area (Å²) in [7, 11) is 0. The van der Waals surface area contributed by atoms with Gasteiger partial charge in [-0.1, -0.05) is 91.0 Å². The molecule has 1 aliphatic rings. The molecule has 1 aliphatic heterocycles. The Morgan fingerprint density at radius 3 is 2.00 bits per heavy atom. The third-order valence-electron chi connectivity index (χ3n) is 4.90. The summed E-state index contributed by atoms with van der Waals surface area (Å²) >= 11 is 0. The van der Waals surface area contributed by atoms with Crippen LogP contribution in [0.25, 0.3) is 0 Å². The zero-order chi connectivity index (χ0) is 19.7. The standard InChI is InChI=1S/C25H26O4/c1-4-10-20(11-5-1)16-26-18-23(27-17-21-12-6-2-7-13-21)24-19-28-25(29-24)22-14-8-3-9-15-22/h1-15,23-25H,16-19H2. The van der Waals surface area contributed by atoms with Crippen molar-refractivity contribution in [3.8, 4) is 0 Å². The summed E-state index contributed by atoms with van der Waals surface area (Å²) in [6.07, 6.45) is -0.759. The maximum absolute atomic E-state index is 6.20. The molecule has 1 fully saturated rings. The molecule has 0 spiro atoms. The molecule has 0 bridgehead atoms. The molecular formula is C25H26O4. The van der Waals surface area contributed by atoms with Gasteiger partial charge in [0.1, 0.15) is 12.2 Å². The summed E-state index contributed by atoms with van der Waals surface area (Å²) in [6, 6.07) is 30.3. The molecule has 3 aromatic carbocycles. The highest BCUT2D eigenvalue weighted by molar-refractivity contribution is 5.17. The minimum Gasteiger partial charge on any atom is -0.374 e. The quantitative estimate of drug-likeness (QED) is 0.521. The van der Waals surface area contributed by atoms with Crippen LogP contribution in [0.1, 0.15) is 23.0 Å². The first-order valence-corrected chi connectivity index (χ1v) is 9.98. The summed E-state index contributed by atoms with van der Waals surface area (Å²) in [5, 5.41) is 0. The molecule has 4 nitrogen and oxygen atoms in total. The molecule has 29 heavy (non-hydrogen) atoms. The van der Waals surface area contributed by atoms with E-state index < -0.39 is 0 Å². The van der Waals surface area contributed by atoms with E-state index in [1.807, 2.05) is 66.7 Å². The fraction of sp³-hybridized carbons (Fsp3) is 0.280. The van der Waals surface area contributed by atoms with E-state index in [2.05, 4.69) is 24.3 Å². The third-order valence-corrected chi connectivity index (χ3v) is 4.90. The third kappa shape index (κ3) is 5.75. The van der Waals surface area contributed by atoms with Gasteiger partial charge in [-0.2, -0.15) is 0 Å². The molecule has 4 heteroatoms. The van der Waals surface area contributed by atoms with Gasteiger partial charge in [0.05, 0.1) is 26.4 Å². The van der Waals surface area contributed by atoms with E-state index >= 15 is 0 Å². The van der Waals surface area contributed by atoms with E-state index in [0.717, 1.165) is 16.7 Å². The van der Waals surface area contributed by atoms with Gasteiger partial charge in [0, 0.05) is 5.56 Å². The molecule has 1 saturated heterocycles. The van der Waals surface area contributed by atoms with E-state index in [0.29, 0.717) is 26.4 Å². The number of benzene rings is 3. The Bertz CT molecular complexity index is 838. The fourth-order valence-electron chi connectivity index (χ4n) is 3.31. The van der Waals surface area contributed by atoms with Crippen LogP contribution in [0, 0.1) is 0 Å². The van der Waals surface area contributed by atoms with Crippen molar-refractivity contribution < 1.29 is 18.9 Å². The van der Waals surface area contributed by atoms with E-state index in [9.17, 15) is 0 Å². The molecule has 0 amide bonds. The van der Waals surface area contributed by atoms with Crippen molar-refractivity contribution in [1.82, 2.24) is 0 Å². The second-order valence-corrected chi connectivity index (χ2v) is 7.09. The van der Waals surface area contributed by atoms with Gasteiger partial charge >= 0.3 is 0 Å². The lowest BCUT2D eigenvalue weighted by Gasteiger charge is -2.23. The number of rotatable bonds is 9. The van der Waals surface area contributed by atoms with E-state index in [4.69, 9.17) is 18.9 Å². The van der Waals surface area contributed by atoms with Crippen molar-refractivity contribution in [2.24, 2.45) is 0 Å². The first-order chi connectivity index (χ1) is 14.4. The van der Waals surface area contributed by atoms with Crippen LogP contribution in [0.5, 0.6) is 0 Å². The minimum atomic E-state index is -0.363. The number of ether oxygens (including phenoxy) is 4. The van der Waals surface area contributed by atoms with Gasteiger partial charge in [-0.05, 0) is 11.1 Å². The van der Waals surface area contributed by atoms with Gasteiger partial charge in [-0.25, -0.2) is 0 Å². The van der Waals surface area contributed by atoms with Crippen molar-refractivity contribution in [3.63, 3.8) is 0 Å². The smallest absolute Gasteiger partial charge is 0.184 e. The van der Waals surface area contributed by atoms with Crippen LogP contribution in [0.2, 0.25) is 0 Å². The van der Waals surface area contributed by atoms with Gasteiger partial charge in [-0.15, -0.1) is 0 Å². The van der Waals surface area contributed by atoms with Crippen LogP contribution >= 0.6 is 0 Å². The van der Waals surface area contributed by atoms with E-state index in [1.165, 1.54) is 0 Å². The Labute approximate surface area is 172 Å². The predicted molar refractivity (Wildman–Crippen MR) is 111 cm³/mol. The average molecular weight is 390 g/mol. The van der Waals surface area contributed by atoms with Crippen LogP contribution in [0.3, 0.4) is 0 Å². The lowest BCUT2D eigenvalue weighted by Crippen LogP contribution is -2.35. The molecule has 0 aromatic heterocycles. The summed E-state index contributed by atoms with van der Waals surface area (Å²) < 4.78 is 24.2. The van der Waals surface area contributed by atoms with Crippen molar-refractivity contribution in [1.29, 1.82) is 0 Å². The zero-order valence-electron chi connectivity index (χ0n) is 16.4. The largest absolute Gasteiger partial charge is 0.374 e. The molecule has 0 radical (unpaired) electrons. The minimum absolute atomic E-state index is 0.181. The highest BCUT2D eigenvalue weighted by atomic mass is 16.7. The Balaban J connectivity index is 1.37. The molecule has 3 unspecified atom stereocenters. The number of hydrogen-bond donors (Lipinski definition) is 0. The molecule has 0 aliphatic carbocycles. The topological polar surface area (TPSA) is 36.9 Å². The lowest BCUT2D eigenvalue weighted by atomic mass is 10.2. The lowest BCUT2D eigenvalue weighted by molar-refractivity contribution is -0.120. The molecule has 150 valence electrons. The maximum Gasteiger partial charge on any atom is 0.184 e. The van der Waals surface area contributed by atoms with Crippen LogP contribution in [-0.4, -0.2) is 25.4 Å².